The van der Waals surface area contributed by atoms with E-state index >= 15 is 0 Å². The Kier molecular flexibility index (Phi) is 3.66. The van der Waals surface area contributed by atoms with E-state index in [0.29, 0.717) is 23.5 Å². The number of nitrogens with zero attached hydrogens (tertiary/aromatic N) is 2. The molecule has 1 heterocycles. The van der Waals surface area contributed by atoms with Gasteiger partial charge in [-0.2, -0.15) is 4.98 Å². The van der Waals surface area contributed by atoms with E-state index in [2.05, 4.69) is 10.3 Å². The van der Waals surface area contributed by atoms with E-state index in [-0.39, 0.29) is 11.7 Å². The summed E-state index contributed by atoms with van der Waals surface area (Å²) in [6.45, 7) is 3.59. The first-order valence-corrected chi connectivity index (χ1v) is 5.95. The average Bonchev–Trinajstić information content (AvgIpc) is 2.68. The fraction of sp³-hybridized carbons (Fsp3) is 0.417. The van der Waals surface area contributed by atoms with Gasteiger partial charge in [0.15, 0.2) is 5.58 Å². The maximum Gasteiger partial charge on any atom is 0.295 e. The zero-order valence-electron chi connectivity index (χ0n) is 10.7. The van der Waals surface area contributed by atoms with Gasteiger partial charge >= 0.3 is 0 Å². The van der Waals surface area contributed by atoms with Crippen molar-refractivity contribution in [2.24, 2.45) is 0 Å². The Hall–Kier alpha value is -2.15. The normalized spacial score (nSPS) is 14.3. The zero-order valence-corrected chi connectivity index (χ0v) is 10.7. The summed E-state index contributed by atoms with van der Waals surface area (Å²) in [6.07, 6.45) is 0.131. The zero-order chi connectivity index (χ0) is 14.0. The number of benzene rings is 1. The molecule has 0 aliphatic heterocycles. The van der Waals surface area contributed by atoms with Crippen LogP contribution in [0.15, 0.2) is 22.6 Å². The molecule has 0 fully saturated rings. The monoisotopic (exact) mass is 265 g/mol. The Bertz CT molecular complexity index is 594. The van der Waals surface area contributed by atoms with E-state index in [9.17, 15) is 15.2 Å². The Labute approximate surface area is 109 Å². The van der Waals surface area contributed by atoms with E-state index in [1.807, 2.05) is 6.92 Å². The highest BCUT2D eigenvalue weighted by Crippen LogP contribution is 2.24. The number of fused-ring (bicyclic) bond motifs is 1. The Morgan fingerprint density at radius 1 is 1.53 bits per heavy atom. The number of aliphatic hydroxyl groups excluding tert-OH is 1. The molecule has 0 saturated heterocycles. The van der Waals surface area contributed by atoms with Gasteiger partial charge in [0.25, 0.3) is 11.7 Å². The van der Waals surface area contributed by atoms with Gasteiger partial charge in [0, 0.05) is 18.2 Å². The largest absolute Gasteiger partial charge is 0.424 e. The first-order valence-electron chi connectivity index (χ1n) is 5.95. The molecule has 19 heavy (non-hydrogen) atoms. The molecule has 2 unspecified atom stereocenters. The first kappa shape index (κ1) is 13.3. The van der Waals surface area contributed by atoms with E-state index in [0.717, 1.165) is 0 Å². The molecule has 0 aliphatic rings. The standard InChI is InChI=1S/C12H15N3O4/c1-7(5-8(2)16)13-12-14-10-6-9(15(17)18)3-4-11(10)19-12/h3-4,6-8,16H,5H2,1-2H3,(H,13,14). The summed E-state index contributed by atoms with van der Waals surface area (Å²) in [7, 11) is 0. The van der Waals surface area contributed by atoms with Crippen molar-refractivity contribution in [2.45, 2.75) is 32.4 Å². The molecular weight excluding hydrogens is 250 g/mol. The molecule has 102 valence electrons. The fourth-order valence-electron chi connectivity index (χ4n) is 1.87. The summed E-state index contributed by atoms with van der Waals surface area (Å²) < 4.78 is 5.43. The number of oxazole rings is 1. The molecule has 7 heteroatoms. The van der Waals surface area contributed by atoms with Crippen LogP contribution < -0.4 is 5.32 Å². The maximum absolute atomic E-state index is 10.7. The minimum Gasteiger partial charge on any atom is -0.424 e. The smallest absolute Gasteiger partial charge is 0.295 e. The van der Waals surface area contributed by atoms with Crippen LogP contribution in [0.2, 0.25) is 0 Å². The van der Waals surface area contributed by atoms with Crippen LogP contribution in [0, 0.1) is 10.1 Å². The minimum atomic E-state index is -0.475. The number of nitrogens with one attached hydrogen (secondary N) is 1. The molecule has 7 nitrogen and oxygen atoms in total. The van der Waals surface area contributed by atoms with E-state index < -0.39 is 11.0 Å². The maximum atomic E-state index is 10.7. The number of aliphatic hydroxyl groups is 1. The predicted octanol–water partition coefficient (Wildman–Crippen LogP) is 2.31. The molecule has 2 atom stereocenters. The molecule has 0 amide bonds. The fourth-order valence-corrected chi connectivity index (χ4v) is 1.87. The molecule has 2 N–H and O–H groups in total. The lowest BCUT2D eigenvalue weighted by Crippen LogP contribution is -2.20. The third-order valence-corrected chi connectivity index (χ3v) is 2.65. The van der Waals surface area contributed by atoms with Crippen LogP contribution in [0.4, 0.5) is 11.7 Å². The molecule has 2 rings (SSSR count). The van der Waals surface area contributed by atoms with Crippen LogP contribution in [0.3, 0.4) is 0 Å². The van der Waals surface area contributed by atoms with Crippen molar-refractivity contribution in [1.29, 1.82) is 0 Å². The number of nitro benzene ring substituents is 1. The van der Waals surface area contributed by atoms with Gasteiger partial charge < -0.3 is 14.8 Å². The van der Waals surface area contributed by atoms with Crippen molar-refractivity contribution >= 4 is 22.8 Å². The van der Waals surface area contributed by atoms with Crippen LogP contribution in [0.1, 0.15) is 20.3 Å². The summed E-state index contributed by atoms with van der Waals surface area (Å²) in [6, 6.07) is 4.54. The van der Waals surface area contributed by atoms with Crippen LogP contribution in [0.25, 0.3) is 11.1 Å². The first-order chi connectivity index (χ1) is 8.95. The molecule has 1 aromatic heterocycles. The number of non-ortho nitro benzene ring substituents is 1. The van der Waals surface area contributed by atoms with Gasteiger partial charge in [-0.3, -0.25) is 10.1 Å². The van der Waals surface area contributed by atoms with E-state index in [4.69, 9.17) is 4.42 Å². The van der Waals surface area contributed by atoms with Gasteiger partial charge in [-0.1, -0.05) is 0 Å². The summed E-state index contributed by atoms with van der Waals surface area (Å²) in [5.74, 6) is 0. The topological polar surface area (TPSA) is 101 Å². The molecule has 0 saturated carbocycles. The summed E-state index contributed by atoms with van der Waals surface area (Å²) in [5, 5.41) is 22.9. The molecule has 2 aromatic rings. The molecule has 1 aromatic carbocycles. The van der Waals surface area contributed by atoms with Crippen LogP contribution in [0.5, 0.6) is 0 Å². The van der Waals surface area contributed by atoms with Crippen molar-refractivity contribution in [2.75, 3.05) is 5.32 Å². The highest BCUT2D eigenvalue weighted by Gasteiger charge is 2.13. The molecular formula is C12H15N3O4. The third kappa shape index (κ3) is 3.19. The number of aromatic nitrogens is 1. The van der Waals surface area contributed by atoms with Crippen molar-refractivity contribution in [1.82, 2.24) is 4.98 Å². The van der Waals surface area contributed by atoms with Gasteiger partial charge in [-0.15, -0.1) is 0 Å². The van der Waals surface area contributed by atoms with Gasteiger partial charge in [0.2, 0.25) is 0 Å². The summed E-state index contributed by atoms with van der Waals surface area (Å²) >= 11 is 0. The number of hydrogen-bond acceptors (Lipinski definition) is 6. The summed E-state index contributed by atoms with van der Waals surface area (Å²) in [4.78, 5) is 14.3. The van der Waals surface area contributed by atoms with Crippen LogP contribution in [-0.2, 0) is 0 Å². The predicted molar refractivity (Wildman–Crippen MR) is 70.0 cm³/mol. The number of anilines is 1. The minimum absolute atomic E-state index is 0.0111. The van der Waals surface area contributed by atoms with Crippen molar-refractivity contribution in [3.8, 4) is 0 Å². The lowest BCUT2D eigenvalue weighted by Gasteiger charge is -2.13. The van der Waals surface area contributed by atoms with Crippen LogP contribution in [-0.4, -0.2) is 27.2 Å². The number of rotatable bonds is 5. The second-order valence-electron chi connectivity index (χ2n) is 4.56. The van der Waals surface area contributed by atoms with Crippen LogP contribution >= 0.6 is 0 Å². The summed E-state index contributed by atoms with van der Waals surface area (Å²) in [5.41, 5.74) is 0.891. The molecule has 0 radical (unpaired) electrons. The SMILES string of the molecule is CC(O)CC(C)Nc1nc2cc([N+](=O)[O-])ccc2o1. The molecule has 0 spiro atoms. The molecule has 0 bridgehead atoms. The Balaban J connectivity index is 2.19. The average molecular weight is 265 g/mol. The van der Waals surface area contributed by atoms with Crippen molar-refractivity contribution < 1.29 is 14.4 Å². The second kappa shape index (κ2) is 5.23. The number of nitro groups is 1. The number of hydrogen-bond donors (Lipinski definition) is 2. The van der Waals surface area contributed by atoms with Crippen molar-refractivity contribution in [3.63, 3.8) is 0 Å². The second-order valence-corrected chi connectivity index (χ2v) is 4.56. The Morgan fingerprint density at radius 3 is 2.89 bits per heavy atom. The lowest BCUT2D eigenvalue weighted by atomic mass is 10.2. The Morgan fingerprint density at radius 2 is 2.26 bits per heavy atom. The van der Waals surface area contributed by atoms with Gasteiger partial charge in [-0.05, 0) is 26.3 Å². The third-order valence-electron chi connectivity index (χ3n) is 2.65. The quantitative estimate of drug-likeness (QED) is 0.635. The van der Waals surface area contributed by atoms with Gasteiger partial charge in [0.1, 0.15) is 5.52 Å². The lowest BCUT2D eigenvalue weighted by molar-refractivity contribution is -0.384. The highest BCUT2D eigenvalue weighted by atomic mass is 16.6. The van der Waals surface area contributed by atoms with Gasteiger partial charge in [0.05, 0.1) is 11.0 Å². The van der Waals surface area contributed by atoms with E-state index in [1.54, 1.807) is 6.92 Å². The molecule has 0 aliphatic carbocycles. The highest BCUT2D eigenvalue weighted by molar-refractivity contribution is 5.77. The van der Waals surface area contributed by atoms with Crippen molar-refractivity contribution in [3.05, 3.63) is 28.3 Å². The van der Waals surface area contributed by atoms with Gasteiger partial charge in [-0.25, -0.2) is 0 Å². The van der Waals surface area contributed by atoms with E-state index in [1.165, 1.54) is 18.2 Å².